The Labute approximate surface area is 112 Å². The molecule has 1 amide bonds. The molecule has 0 atom stereocenters. The second kappa shape index (κ2) is 6.22. The third-order valence-electron chi connectivity index (χ3n) is 2.86. The van der Waals surface area contributed by atoms with Gasteiger partial charge in [0.15, 0.2) is 0 Å². The minimum atomic E-state index is -0.461. The van der Waals surface area contributed by atoms with Gasteiger partial charge in [-0.05, 0) is 44.5 Å². The van der Waals surface area contributed by atoms with Crippen LogP contribution in [0.4, 0.5) is 0 Å². The predicted octanol–water partition coefficient (Wildman–Crippen LogP) is 1.72. The van der Waals surface area contributed by atoms with Crippen LogP contribution >= 0.6 is 0 Å². The minimum absolute atomic E-state index is 0.0904. The Morgan fingerprint density at radius 3 is 2.47 bits per heavy atom. The van der Waals surface area contributed by atoms with Crippen molar-refractivity contribution >= 4 is 11.9 Å². The number of aryl methyl sites for hydroxylation is 1. The predicted molar refractivity (Wildman–Crippen MR) is 71.0 cm³/mol. The maximum absolute atomic E-state index is 12.3. The molecule has 1 aromatic rings. The molecule has 0 unspecified atom stereocenters. The molecule has 0 aliphatic heterocycles. The molecular formula is C14H19NO4. The van der Waals surface area contributed by atoms with Gasteiger partial charge in [0.1, 0.15) is 12.3 Å². The molecule has 0 saturated heterocycles. The van der Waals surface area contributed by atoms with Crippen LogP contribution in [-0.4, -0.2) is 41.6 Å². The first-order chi connectivity index (χ1) is 8.86. The number of phenolic OH excluding ortho intramolecular Hbond substituents is 1. The van der Waals surface area contributed by atoms with Crippen molar-refractivity contribution in [3.63, 3.8) is 0 Å². The normalized spacial score (nSPS) is 10.4. The number of phenols is 1. The maximum atomic E-state index is 12.3. The molecule has 5 heteroatoms. The van der Waals surface area contributed by atoms with E-state index in [-0.39, 0.29) is 24.2 Å². The molecule has 0 aliphatic carbocycles. The average molecular weight is 265 g/mol. The van der Waals surface area contributed by atoms with Gasteiger partial charge in [0.25, 0.3) is 5.91 Å². The minimum Gasteiger partial charge on any atom is -0.508 e. The van der Waals surface area contributed by atoms with Crippen molar-refractivity contribution < 1.29 is 19.4 Å². The van der Waals surface area contributed by atoms with Gasteiger partial charge >= 0.3 is 5.97 Å². The highest BCUT2D eigenvalue weighted by molar-refractivity contribution is 5.96. The van der Waals surface area contributed by atoms with Crippen LogP contribution in [0.3, 0.4) is 0 Å². The van der Waals surface area contributed by atoms with Crippen LogP contribution in [0.2, 0.25) is 0 Å². The molecule has 1 aromatic carbocycles. The summed E-state index contributed by atoms with van der Waals surface area (Å²) in [5.74, 6) is -0.582. The monoisotopic (exact) mass is 265 g/mol. The van der Waals surface area contributed by atoms with Crippen LogP contribution in [0.1, 0.15) is 29.8 Å². The van der Waals surface area contributed by atoms with Crippen molar-refractivity contribution in [3.8, 4) is 5.75 Å². The van der Waals surface area contributed by atoms with E-state index in [0.29, 0.717) is 11.1 Å². The van der Waals surface area contributed by atoms with Gasteiger partial charge in [-0.15, -0.1) is 0 Å². The molecular weight excluding hydrogens is 246 g/mol. The third kappa shape index (κ3) is 3.71. The summed E-state index contributed by atoms with van der Waals surface area (Å²) in [6.07, 6.45) is 0. The van der Waals surface area contributed by atoms with E-state index in [1.54, 1.807) is 13.0 Å². The van der Waals surface area contributed by atoms with Crippen molar-refractivity contribution in [1.29, 1.82) is 0 Å². The Hall–Kier alpha value is -2.04. The van der Waals surface area contributed by atoms with Crippen LogP contribution < -0.4 is 0 Å². The number of nitrogens with zero attached hydrogens (tertiary/aromatic N) is 1. The number of methoxy groups -OCH3 is 1. The lowest BCUT2D eigenvalue weighted by atomic mass is 10.1. The molecule has 1 N–H and O–H groups in total. The molecule has 0 bridgehead atoms. The molecule has 0 aliphatic rings. The van der Waals surface area contributed by atoms with Crippen LogP contribution in [0, 0.1) is 6.92 Å². The fourth-order valence-electron chi connectivity index (χ4n) is 1.65. The van der Waals surface area contributed by atoms with E-state index in [1.807, 2.05) is 13.8 Å². The molecule has 1 rings (SSSR count). The fraction of sp³-hybridized carbons (Fsp3) is 0.429. The number of carbonyl (C=O) groups excluding carboxylic acids is 2. The Bertz CT molecular complexity index is 482. The summed E-state index contributed by atoms with van der Waals surface area (Å²) in [6.45, 7) is 5.28. The zero-order valence-electron chi connectivity index (χ0n) is 11.6. The summed E-state index contributed by atoms with van der Waals surface area (Å²) in [6, 6.07) is 4.49. The standard InChI is InChI=1S/C14H19NO4/c1-9(2)15(8-13(17)19-4)14(18)11-5-6-12(16)10(3)7-11/h5-7,9,16H,8H2,1-4H3. The molecule has 104 valence electrons. The van der Waals surface area contributed by atoms with Gasteiger partial charge in [0.2, 0.25) is 0 Å². The van der Waals surface area contributed by atoms with Crippen LogP contribution in [-0.2, 0) is 9.53 Å². The van der Waals surface area contributed by atoms with Crippen LogP contribution in [0.15, 0.2) is 18.2 Å². The number of amides is 1. The Balaban J connectivity index is 2.99. The summed E-state index contributed by atoms with van der Waals surface area (Å²) < 4.78 is 4.59. The Kier molecular flexibility index (Phi) is 4.92. The number of esters is 1. The largest absolute Gasteiger partial charge is 0.508 e. The summed E-state index contributed by atoms with van der Waals surface area (Å²) in [4.78, 5) is 25.1. The number of hydrogen-bond acceptors (Lipinski definition) is 4. The van der Waals surface area contributed by atoms with Gasteiger partial charge in [0.05, 0.1) is 7.11 Å². The van der Waals surface area contributed by atoms with E-state index in [4.69, 9.17) is 0 Å². The molecule has 0 aromatic heterocycles. The summed E-state index contributed by atoms with van der Waals surface area (Å²) >= 11 is 0. The van der Waals surface area contributed by atoms with Gasteiger partial charge in [-0.2, -0.15) is 0 Å². The van der Waals surface area contributed by atoms with Crippen LogP contribution in [0.5, 0.6) is 5.75 Å². The number of hydrogen-bond donors (Lipinski definition) is 1. The van der Waals surface area contributed by atoms with E-state index in [2.05, 4.69) is 4.74 Å². The summed E-state index contributed by atoms with van der Waals surface area (Å²) in [5.41, 5.74) is 1.06. The SMILES string of the molecule is COC(=O)CN(C(=O)c1ccc(O)c(C)c1)C(C)C. The van der Waals surface area contributed by atoms with E-state index >= 15 is 0 Å². The smallest absolute Gasteiger partial charge is 0.325 e. The van der Waals surface area contributed by atoms with Crippen molar-refractivity contribution in [2.45, 2.75) is 26.8 Å². The van der Waals surface area contributed by atoms with E-state index in [1.165, 1.54) is 24.1 Å². The van der Waals surface area contributed by atoms with E-state index in [9.17, 15) is 14.7 Å². The fourth-order valence-corrected chi connectivity index (χ4v) is 1.65. The van der Waals surface area contributed by atoms with E-state index < -0.39 is 5.97 Å². The van der Waals surface area contributed by atoms with Gasteiger partial charge in [0, 0.05) is 11.6 Å². The van der Waals surface area contributed by atoms with E-state index in [0.717, 1.165) is 0 Å². The lowest BCUT2D eigenvalue weighted by Gasteiger charge is -2.25. The number of benzene rings is 1. The van der Waals surface area contributed by atoms with Gasteiger partial charge in [-0.25, -0.2) is 0 Å². The maximum Gasteiger partial charge on any atom is 0.325 e. The molecule has 0 heterocycles. The topological polar surface area (TPSA) is 66.8 Å². The van der Waals surface area contributed by atoms with Crippen molar-refractivity contribution in [3.05, 3.63) is 29.3 Å². The zero-order valence-corrected chi connectivity index (χ0v) is 11.6. The van der Waals surface area contributed by atoms with Gasteiger partial charge < -0.3 is 14.7 Å². The molecule has 5 nitrogen and oxygen atoms in total. The highest BCUT2D eigenvalue weighted by Gasteiger charge is 2.22. The summed E-state index contributed by atoms with van der Waals surface area (Å²) in [5, 5.41) is 9.46. The molecule has 0 saturated carbocycles. The van der Waals surface area contributed by atoms with Crippen molar-refractivity contribution in [2.75, 3.05) is 13.7 Å². The first-order valence-electron chi connectivity index (χ1n) is 6.04. The number of carbonyl (C=O) groups is 2. The summed E-state index contributed by atoms with van der Waals surface area (Å²) in [7, 11) is 1.29. The Morgan fingerprint density at radius 2 is 2.00 bits per heavy atom. The number of rotatable bonds is 4. The quantitative estimate of drug-likeness (QED) is 0.842. The first kappa shape index (κ1) is 15.0. The average Bonchev–Trinajstić information content (AvgIpc) is 2.37. The molecule has 0 spiro atoms. The van der Waals surface area contributed by atoms with Gasteiger partial charge in [-0.1, -0.05) is 0 Å². The second-order valence-corrected chi connectivity index (χ2v) is 4.60. The van der Waals surface area contributed by atoms with Crippen molar-refractivity contribution in [2.24, 2.45) is 0 Å². The highest BCUT2D eigenvalue weighted by atomic mass is 16.5. The second-order valence-electron chi connectivity index (χ2n) is 4.60. The number of aromatic hydroxyl groups is 1. The van der Waals surface area contributed by atoms with Gasteiger partial charge in [-0.3, -0.25) is 9.59 Å². The lowest BCUT2D eigenvalue weighted by Crippen LogP contribution is -2.41. The molecule has 19 heavy (non-hydrogen) atoms. The molecule has 0 fully saturated rings. The highest BCUT2D eigenvalue weighted by Crippen LogP contribution is 2.18. The first-order valence-corrected chi connectivity index (χ1v) is 6.04. The third-order valence-corrected chi connectivity index (χ3v) is 2.86. The van der Waals surface area contributed by atoms with Crippen molar-refractivity contribution in [1.82, 2.24) is 4.90 Å². The lowest BCUT2D eigenvalue weighted by molar-refractivity contribution is -0.141. The zero-order chi connectivity index (χ0) is 14.6. The Morgan fingerprint density at radius 1 is 1.37 bits per heavy atom. The number of ether oxygens (including phenoxy) is 1. The molecule has 0 radical (unpaired) electrons. The van der Waals surface area contributed by atoms with Crippen LogP contribution in [0.25, 0.3) is 0 Å².